The van der Waals surface area contributed by atoms with Crippen LogP contribution >= 0.6 is 0 Å². The van der Waals surface area contributed by atoms with Crippen molar-refractivity contribution in [3.8, 4) is 0 Å². The zero-order valence-corrected chi connectivity index (χ0v) is 15.5. The lowest BCUT2D eigenvalue weighted by Gasteiger charge is -2.38. The van der Waals surface area contributed by atoms with E-state index in [0.717, 1.165) is 57.0 Å². The first-order valence-electron chi connectivity index (χ1n) is 9.00. The van der Waals surface area contributed by atoms with E-state index in [0.29, 0.717) is 6.61 Å². The molecule has 2 aliphatic rings. The van der Waals surface area contributed by atoms with Crippen LogP contribution in [0.1, 0.15) is 30.7 Å². The maximum absolute atomic E-state index is 11.5. The average molecular weight is 351 g/mol. The van der Waals surface area contributed by atoms with Gasteiger partial charge in [0.1, 0.15) is 12.4 Å². The maximum Gasteiger partial charge on any atom is 0.248 e. The monoisotopic (exact) mass is 351 g/mol. The van der Waals surface area contributed by atoms with Crippen molar-refractivity contribution in [3.05, 3.63) is 17.5 Å². The van der Waals surface area contributed by atoms with E-state index in [4.69, 9.17) is 14.0 Å². The normalized spacial score (nSPS) is 23.2. The molecular formula is C18H29N3O4. The standard InChI is InChI=1S/C18H29N3O4/c1-14-8-15(19-25-14)10-21-6-4-18(5-7-21)9-16(24-13-18)11-23-12-17(22)20(2)3/h8,16H,4-7,9-13H2,1-3H3. The van der Waals surface area contributed by atoms with Gasteiger partial charge in [-0.1, -0.05) is 5.16 Å². The highest BCUT2D eigenvalue weighted by Crippen LogP contribution is 2.42. The summed E-state index contributed by atoms with van der Waals surface area (Å²) in [4.78, 5) is 15.5. The summed E-state index contributed by atoms with van der Waals surface area (Å²) in [6, 6.07) is 2.01. The Kier molecular flexibility index (Phi) is 5.76. The molecule has 7 nitrogen and oxygen atoms in total. The van der Waals surface area contributed by atoms with Crippen LogP contribution in [0, 0.1) is 12.3 Å². The molecule has 0 aromatic carbocycles. The Bertz CT molecular complexity index is 579. The number of aromatic nitrogens is 1. The van der Waals surface area contributed by atoms with E-state index in [9.17, 15) is 4.79 Å². The molecular weight excluding hydrogens is 322 g/mol. The van der Waals surface area contributed by atoms with E-state index in [1.165, 1.54) is 0 Å². The molecule has 2 aliphatic heterocycles. The Morgan fingerprint density at radius 3 is 2.84 bits per heavy atom. The number of carbonyl (C=O) groups is 1. The Morgan fingerprint density at radius 1 is 1.44 bits per heavy atom. The third kappa shape index (κ3) is 4.80. The van der Waals surface area contributed by atoms with Gasteiger partial charge in [-0.25, -0.2) is 0 Å². The minimum Gasteiger partial charge on any atom is -0.375 e. The summed E-state index contributed by atoms with van der Waals surface area (Å²) in [5, 5.41) is 4.08. The molecule has 2 saturated heterocycles. The van der Waals surface area contributed by atoms with Gasteiger partial charge in [0.2, 0.25) is 5.91 Å². The molecule has 0 N–H and O–H groups in total. The average Bonchev–Trinajstić information content (AvgIpc) is 3.16. The highest BCUT2D eigenvalue weighted by Gasteiger charge is 2.42. The zero-order valence-electron chi connectivity index (χ0n) is 15.5. The molecule has 1 amide bonds. The number of hydrogen-bond acceptors (Lipinski definition) is 6. The first-order chi connectivity index (χ1) is 12.0. The van der Waals surface area contributed by atoms with E-state index in [1.54, 1.807) is 19.0 Å². The zero-order chi connectivity index (χ0) is 17.9. The van der Waals surface area contributed by atoms with E-state index >= 15 is 0 Å². The largest absolute Gasteiger partial charge is 0.375 e. The van der Waals surface area contributed by atoms with Crippen molar-refractivity contribution in [2.24, 2.45) is 5.41 Å². The molecule has 1 atom stereocenters. The topological polar surface area (TPSA) is 68.0 Å². The van der Waals surface area contributed by atoms with Gasteiger partial charge in [-0.05, 0) is 44.7 Å². The van der Waals surface area contributed by atoms with Crippen molar-refractivity contribution >= 4 is 5.91 Å². The van der Waals surface area contributed by atoms with E-state index < -0.39 is 0 Å². The highest BCUT2D eigenvalue weighted by molar-refractivity contribution is 5.76. The highest BCUT2D eigenvalue weighted by atomic mass is 16.5. The second-order valence-electron chi connectivity index (χ2n) is 7.65. The van der Waals surface area contributed by atoms with Gasteiger partial charge in [0, 0.05) is 26.7 Å². The molecule has 1 aromatic heterocycles. The van der Waals surface area contributed by atoms with Crippen LogP contribution in [0.2, 0.25) is 0 Å². The third-order valence-electron chi connectivity index (χ3n) is 5.29. The van der Waals surface area contributed by atoms with E-state index in [1.807, 2.05) is 13.0 Å². The number of likely N-dealkylation sites (N-methyl/N-ethyl adjacent to an activating group) is 1. The van der Waals surface area contributed by atoms with Gasteiger partial charge in [-0.15, -0.1) is 0 Å². The van der Waals surface area contributed by atoms with Crippen LogP contribution in [-0.2, 0) is 20.8 Å². The lowest BCUT2D eigenvalue weighted by Crippen LogP contribution is -2.40. The van der Waals surface area contributed by atoms with Gasteiger partial charge < -0.3 is 18.9 Å². The maximum atomic E-state index is 11.5. The molecule has 1 unspecified atom stereocenters. The summed E-state index contributed by atoms with van der Waals surface area (Å²) in [5.41, 5.74) is 1.28. The number of nitrogens with zero attached hydrogens (tertiary/aromatic N) is 3. The van der Waals surface area contributed by atoms with Gasteiger partial charge in [0.05, 0.1) is 25.0 Å². The fourth-order valence-corrected chi connectivity index (χ4v) is 3.66. The van der Waals surface area contributed by atoms with Crippen molar-refractivity contribution in [3.63, 3.8) is 0 Å². The van der Waals surface area contributed by atoms with Crippen LogP contribution in [0.25, 0.3) is 0 Å². The molecule has 7 heteroatoms. The van der Waals surface area contributed by atoms with Crippen LogP contribution in [0.3, 0.4) is 0 Å². The van der Waals surface area contributed by atoms with Gasteiger partial charge in [0.15, 0.2) is 0 Å². The number of piperidine rings is 1. The number of aryl methyl sites for hydroxylation is 1. The number of amides is 1. The van der Waals surface area contributed by atoms with Crippen molar-refractivity contribution < 1.29 is 18.8 Å². The lowest BCUT2D eigenvalue weighted by molar-refractivity contribution is -0.134. The number of rotatable bonds is 6. The molecule has 0 saturated carbocycles. The van der Waals surface area contributed by atoms with E-state index in [-0.39, 0.29) is 24.0 Å². The fraction of sp³-hybridized carbons (Fsp3) is 0.778. The molecule has 140 valence electrons. The number of likely N-dealkylation sites (tertiary alicyclic amines) is 1. The molecule has 0 aliphatic carbocycles. The van der Waals surface area contributed by atoms with Crippen molar-refractivity contribution in [2.75, 3.05) is 47.0 Å². The summed E-state index contributed by atoms with van der Waals surface area (Å²) in [6.45, 7) is 6.33. The molecule has 0 radical (unpaired) electrons. The molecule has 1 aromatic rings. The first kappa shape index (κ1) is 18.4. The Labute approximate surface area is 149 Å². The summed E-state index contributed by atoms with van der Waals surface area (Å²) in [5.74, 6) is 0.854. The first-order valence-corrected chi connectivity index (χ1v) is 9.00. The van der Waals surface area contributed by atoms with Gasteiger partial charge in [-0.3, -0.25) is 9.69 Å². The molecule has 25 heavy (non-hydrogen) atoms. The second-order valence-corrected chi connectivity index (χ2v) is 7.65. The SMILES string of the molecule is Cc1cc(CN2CCC3(CC2)COC(COCC(=O)N(C)C)C3)no1. The molecule has 3 heterocycles. The minimum absolute atomic E-state index is 0.0101. The Hall–Kier alpha value is -1.44. The predicted octanol–water partition coefficient (Wildman–Crippen LogP) is 1.46. The summed E-state index contributed by atoms with van der Waals surface area (Å²) in [7, 11) is 3.47. The van der Waals surface area contributed by atoms with E-state index in [2.05, 4.69) is 10.1 Å². The van der Waals surface area contributed by atoms with Crippen LogP contribution in [-0.4, -0.2) is 74.0 Å². The Balaban J connectivity index is 1.39. The van der Waals surface area contributed by atoms with Crippen LogP contribution in [0.4, 0.5) is 0 Å². The van der Waals surface area contributed by atoms with Gasteiger partial charge >= 0.3 is 0 Å². The second kappa shape index (κ2) is 7.85. The summed E-state index contributed by atoms with van der Waals surface area (Å²) < 4.78 is 16.6. The number of ether oxygens (including phenoxy) is 2. The molecule has 3 rings (SSSR count). The van der Waals surface area contributed by atoms with Gasteiger partial charge in [0.25, 0.3) is 0 Å². The van der Waals surface area contributed by atoms with Crippen molar-refractivity contribution in [2.45, 2.75) is 38.8 Å². The predicted molar refractivity (Wildman–Crippen MR) is 92.1 cm³/mol. The number of carbonyl (C=O) groups excluding carboxylic acids is 1. The van der Waals surface area contributed by atoms with Crippen LogP contribution in [0.15, 0.2) is 10.6 Å². The smallest absolute Gasteiger partial charge is 0.248 e. The summed E-state index contributed by atoms with van der Waals surface area (Å²) >= 11 is 0. The fourth-order valence-electron chi connectivity index (χ4n) is 3.66. The van der Waals surface area contributed by atoms with Gasteiger partial charge in [-0.2, -0.15) is 0 Å². The molecule has 2 fully saturated rings. The lowest BCUT2D eigenvalue weighted by atomic mass is 9.76. The Morgan fingerprint density at radius 2 is 2.20 bits per heavy atom. The van der Waals surface area contributed by atoms with Crippen LogP contribution in [0.5, 0.6) is 0 Å². The summed E-state index contributed by atoms with van der Waals surface area (Å²) in [6.07, 6.45) is 3.41. The quantitative estimate of drug-likeness (QED) is 0.773. The van der Waals surface area contributed by atoms with Crippen molar-refractivity contribution in [1.29, 1.82) is 0 Å². The number of hydrogen-bond donors (Lipinski definition) is 0. The van der Waals surface area contributed by atoms with Crippen LogP contribution < -0.4 is 0 Å². The third-order valence-corrected chi connectivity index (χ3v) is 5.29. The van der Waals surface area contributed by atoms with Crippen molar-refractivity contribution in [1.82, 2.24) is 15.0 Å². The molecule has 0 bridgehead atoms. The molecule has 1 spiro atoms. The minimum atomic E-state index is -0.0101.